The van der Waals surface area contributed by atoms with Crippen molar-refractivity contribution < 1.29 is 13.9 Å². The van der Waals surface area contributed by atoms with Crippen molar-refractivity contribution >= 4 is 33.7 Å². The van der Waals surface area contributed by atoms with Crippen LogP contribution in [0.15, 0.2) is 35.7 Å². The molecule has 23 heavy (non-hydrogen) atoms. The van der Waals surface area contributed by atoms with Gasteiger partial charge in [-0.15, -0.1) is 22.7 Å². The summed E-state index contributed by atoms with van der Waals surface area (Å²) in [5.41, 5.74) is 1.24. The van der Waals surface area contributed by atoms with Crippen molar-refractivity contribution in [2.45, 2.75) is 6.92 Å². The third-order valence-electron chi connectivity index (χ3n) is 3.14. The first-order chi connectivity index (χ1) is 11.1. The van der Waals surface area contributed by atoms with Crippen LogP contribution in [0.5, 0.6) is 5.75 Å². The second kappa shape index (κ2) is 6.47. The minimum Gasteiger partial charge on any atom is -0.494 e. The van der Waals surface area contributed by atoms with E-state index in [1.165, 1.54) is 35.8 Å². The highest BCUT2D eigenvalue weighted by Gasteiger charge is 2.12. The summed E-state index contributed by atoms with van der Waals surface area (Å²) in [6.07, 6.45) is 0. The minimum atomic E-state index is -0.447. The zero-order valence-corrected chi connectivity index (χ0v) is 14.1. The predicted molar refractivity (Wildman–Crippen MR) is 91.1 cm³/mol. The van der Waals surface area contributed by atoms with E-state index < -0.39 is 5.82 Å². The van der Waals surface area contributed by atoms with Crippen molar-refractivity contribution in [1.29, 1.82) is 0 Å². The Hall–Kier alpha value is -2.25. The zero-order valence-electron chi connectivity index (χ0n) is 12.4. The number of aryl methyl sites for hydroxylation is 1. The molecule has 3 aromatic rings. The van der Waals surface area contributed by atoms with Crippen LogP contribution in [0.2, 0.25) is 0 Å². The van der Waals surface area contributed by atoms with E-state index in [1.807, 2.05) is 13.0 Å². The smallest absolute Gasteiger partial charge is 0.267 e. The summed E-state index contributed by atoms with van der Waals surface area (Å²) in [6, 6.07) is 8.32. The van der Waals surface area contributed by atoms with Crippen LogP contribution >= 0.6 is 22.7 Å². The Bertz CT molecular complexity index is 857. The van der Waals surface area contributed by atoms with Crippen molar-refractivity contribution in [2.24, 2.45) is 0 Å². The molecule has 7 heteroatoms. The quantitative estimate of drug-likeness (QED) is 0.751. The molecule has 0 unspecified atom stereocenters. The number of methoxy groups -OCH3 is 1. The first-order valence-corrected chi connectivity index (χ1v) is 8.43. The molecule has 0 aliphatic carbocycles. The van der Waals surface area contributed by atoms with Gasteiger partial charge in [0.15, 0.2) is 16.7 Å². The lowest BCUT2D eigenvalue weighted by Crippen LogP contribution is -2.09. The van der Waals surface area contributed by atoms with Crippen LogP contribution in [0.25, 0.3) is 11.3 Å². The number of thiophene rings is 1. The summed E-state index contributed by atoms with van der Waals surface area (Å²) in [6.45, 7) is 1.95. The average Bonchev–Trinajstić information content (AvgIpc) is 3.16. The van der Waals surface area contributed by atoms with E-state index in [4.69, 9.17) is 4.74 Å². The number of rotatable bonds is 4. The van der Waals surface area contributed by atoms with Crippen molar-refractivity contribution in [3.05, 3.63) is 51.3 Å². The van der Waals surface area contributed by atoms with Crippen molar-refractivity contribution in [3.8, 4) is 17.0 Å². The van der Waals surface area contributed by atoms with Gasteiger partial charge in [0, 0.05) is 15.8 Å². The van der Waals surface area contributed by atoms with E-state index in [2.05, 4.69) is 10.3 Å². The molecule has 0 saturated carbocycles. The topological polar surface area (TPSA) is 51.2 Å². The highest BCUT2D eigenvalue weighted by atomic mass is 32.1. The Balaban J connectivity index is 1.78. The maximum atomic E-state index is 13.8. The van der Waals surface area contributed by atoms with Gasteiger partial charge in [-0.25, -0.2) is 9.37 Å². The number of amides is 1. The molecule has 1 amide bonds. The van der Waals surface area contributed by atoms with Crippen LogP contribution in [0.4, 0.5) is 9.52 Å². The van der Waals surface area contributed by atoms with Crippen LogP contribution in [0.3, 0.4) is 0 Å². The number of ether oxygens (including phenoxy) is 1. The minimum absolute atomic E-state index is 0.186. The van der Waals surface area contributed by atoms with Gasteiger partial charge < -0.3 is 4.74 Å². The fourth-order valence-corrected chi connectivity index (χ4v) is 3.48. The zero-order chi connectivity index (χ0) is 16.4. The van der Waals surface area contributed by atoms with Gasteiger partial charge in [-0.2, -0.15) is 0 Å². The van der Waals surface area contributed by atoms with Crippen LogP contribution < -0.4 is 10.1 Å². The normalized spacial score (nSPS) is 10.6. The van der Waals surface area contributed by atoms with Gasteiger partial charge in [-0.1, -0.05) is 0 Å². The first kappa shape index (κ1) is 15.6. The molecule has 1 aromatic carbocycles. The second-order valence-electron chi connectivity index (χ2n) is 4.75. The van der Waals surface area contributed by atoms with Crippen LogP contribution in [0, 0.1) is 12.7 Å². The summed E-state index contributed by atoms with van der Waals surface area (Å²) in [5.74, 6) is -0.451. The Labute approximate surface area is 140 Å². The highest BCUT2D eigenvalue weighted by molar-refractivity contribution is 7.15. The van der Waals surface area contributed by atoms with E-state index in [0.29, 0.717) is 21.3 Å². The molecule has 1 N–H and O–H groups in total. The van der Waals surface area contributed by atoms with Gasteiger partial charge in [0.2, 0.25) is 0 Å². The number of thiazole rings is 1. The van der Waals surface area contributed by atoms with E-state index in [1.54, 1.807) is 23.6 Å². The monoisotopic (exact) mass is 348 g/mol. The van der Waals surface area contributed by atoms with Gasteiger partial charge in [0.1, 0.15) is 0 Å². The molecule has 0 aliphatic heterocycles. The summed E-state index contributed by atoms with van der Waals surface area (Å²) in [4.78, 5) is 18.1. The molecule has 0 radical (unpaired) electrons. The molecule has 4 nitrogen and oxygen atoms in total. The molecular weight excluding hydrogens is 335 g/mol. The largest absolute Gasteiger partial charge is 0.494 e. The summed E-state index contributed by atoms with van der Waals surface area (Å²) >= 11 is 2.72. The van der Waals surface area contributed by atoms with Crippen molar-refractivity contribution in [3.63, 3.8) is 0 Å². The number of anilines is 1. The van der Waals surface area contributed by atoms with E-state index >= 15 is 0 Å². The number of benzene rings is 1. The molecule has 3 rings (SSSR count). The Morgan fingerprint density at radius 1 is 1.30 bits per heavy atom. The van der Waals surface area contributed by atoms with Gasteiger partial charge in [0.25, 0.3) is 5.91 Å². The third-order valence-corrected chi connectivity index (χ3v) is 4.89. The fourth-order valence-electron chi connectivity index (χ4n) is 2.00. The number of nitrogens with one attached hydrogen (secondary N) is 1. The van der Waals surface area contributed by atoms with Gasteiger partial charge in [-0.3, -0.25) is 10.1 Å². The first-order valence-electron chi connectivity index (χ1n) is 6.74. The standard InChI is InChI=1S/C16H13FN2O2S2/c1-9-3-6-14(23-9)15(20)19-16-18-12(8-22-16)10-4-5-13(21-2)11(17)7-10/h3-8H,1-2H3,(H,18,19,20). The van der Waals surface area contributed by atoms with Crippen LogP contribution in [0.1, 0.15) is 14.5 Å². The van der Waals surface area contributed by atoms with Gasteiger partial charge in [-0.05, 0) is 37.3 Å². The molecule has 0 fully saturated rings. The van der Waals surface area contributed by atoms with Gasteiger partial charge in [0.05, 0.1) is 17.7 Å². The van der Waals surface area contributed by atoms with E-state index in [0.717, 1.165) is 4.88 Å². The molecule has 0 spiro atoms. The molecule has 0 aliphatic rings. The fraction of sp³-hybridized carbons (Fsp3) is 0.125. The summed E-state index contributed by atoms with van der Waals surface area (Å²) < 4.78 is 18.7. The molecule has 118 valence electrons. The van der Waals surface area contributed by atoms with Crippen molar-refractivity contribution in [2.75, 3.05) is 12.4 Å². The summed E-state index contributed by atoms with van der Waals surface area (Å²) in [7, 11) is 1.42. The Morgan fingerprint density at radius 2 is 2.13 bits per heavy atom. The van der Waals surface area contributed by atoms with E-state index in [-0.39, 0.29) is 11.7 Å². The maximum Gasteiger partial charge on any atom is 0.267 e. The average molecular weight is 348 g/mol. The molecule has 0 saturated heterocycles. The van der Waals surface area contributed by atoms with E-state index in [9.17, 15) is 9.18 Å². The van der Waals surface area contributed by atoms with Crippen LogP contribution in [-0.4, -0.2) is 18.0 Å². The summed E-state index contributed by atoms with van der Waals surface area (Å²) in [5, 5.41) is 5.01. The lowest BCUT2D eigenvalue weighted by atomic mass is 10.1. The number of aromatic nitrogens is 1. The molecule has 2 heterocycles. The highest BCUT2D eigenvalue weighted by Crippen LogP contribution is 2.28. The number of carbonyl (C=O) groups is 1. The maximum absolute atomic E-state index is 13.8. The lowest BCUT2D eigenvalue weighted by molar-refractivity contribution is 0.103. The lowest BCUT2D eigenvalue weighted by Gasteiger charge is -2.03. The molecule has 2 aromatic heterocycles. The molecular formula is C16H13FN2O2S2. The Morgan fingerprint density at radius 3 is 2.78 bits per heavy atom. The number of halogens is 1. The van der Waals surface area contributed by atoms with Crippen molar-refractivity contribution in [1.82, 2.24) is 4.98 Å². The number of hydrogen-bond donors (Lipinski definition) is 1. The predicted octanol–water partition coefficient (Wildman–Crippen LogP) is 4.58. The third kappa shape index (κ3) is 3.40. The molecule has 0 atom stereocenters. The molecule has 0 bridgehead atoms. The number of hydrogen-bond acceptors (Lipinski definition) is 5. The SMILES string of the molecule is COc1ccc(-c2csc(NC(=O)c3ccc(C)s3)n2)cc1F. The number of carbonyl (C=O) groups excluding carboxylic acids is 1. The van der Waals surface area contributed by atoms with Crippen LogP contribution in [-0.2, 0) is 0 Å². The second-order valence-corrected chi connectivity index (χ2v) is 6.90. The number of nitrogens with zero attached hydrogens (tertiary/aromatic N) is 1. The Kier molecular flexibility index (Phi) is 4.40. The van der Waals surface area contributed by atoms with Gasteiger partial charge >= 0.3 is 0 Å².